The minimum Gasteiger partial charge on any atom is -0.493 e. The van der Waals surface area contributed by atoms with E-state index < -0.39 is 0 Å². The summed E-state index contributed by atoms with van der Waals surface area (Å²) in [6, 6.07) is 20.0. The van der Waals surface area contributed by atoms with E-state index in [1.54, 1.807) is 7.11 Å². The van der Waals surface area contributed by atoms with Gasteiger partial charge in [0.15, 0.2) is 11.5 Å². The first kappa shape index (κ1) is 18.6. The average molecular weight is 418 g/mol. The number of allylic oxidation sites excluding steroid dienone is 1. The summed E-state index contributed by atoms with van der Waals surface area (Å²) in [7, 11) is 1.56. The maximum Gasteiger partial charge on any atom is 0.176 e. The van der Waals surface area contributed by atoms with Gasteiger partial charge in [-0.1, -0.05) is 42.3 Å². The summed E-state index contributed by atoms with van der Waals surface area (Å²) in [6.07, 6.45) is 7.08. The van der Waals surface area contributed by atoms with Gasteiger partial charge in [-0.25, -0.2) is 0 Å². The molecule has 3 aromatic rings. The summed E-state index contributed by atoms with van der Waals surface area (Å²) in [5, 5.41) is 11.9. The molecule has 0 atom stereocenters. The normalized spacial score (nSPS) is 10.9. The minimum absolute atomic E-state index is 0.144. The molecule has 0 unspecified atom stereocenters. The van der Waals surface area contributed by atoms with E-state index in [2.05, 4.69) is 27.9 Å². The van der Waals surface area contributed by atoms with Crippen molar-refractivity contribution in [2.75, 3.05) is 13.7 Å². The fourth-order valence-corrected chi connectivity index (χ4v) is 3.35. The van der Waals surface area contributed by atoms with E-state index in [1.807, 2.05) is 60.7 Å². The molecule has 0 spiro atoms. The number of nitriles is 1. The van der Waals surface area contributed by atoms with Crippen molar-refractivity contribution < 1.29 is 9.47 Å². The maximum atomic E-state index is 9.67. The summed E-state index contributed by atoms with van der Waals surface area (Å²) in [4.78, 5) is 0. The van der Waals surface area contributed by atoms with E-state index in [0.717, 1.165) is 21.9 Å². The molecule has 3 rings (SSSR count). The largest absolute Gasteiger partial charge is 0.493 e. The Labute approximate surface area is 167 Å². The standard InChI is InChI=1S/C23H16BrNO2/c1-3-10-27-23-21(24)12-16(13-22(23)26-2)11-20(15-25)19-9-8-17-6-4-5-7-18(17)14-19/h1,4-9,11-14H,10H2,2H3. The van der Waals surface area contributed by atoms with Crippen molar-refractivity contribution in [3.05, 3.63) is 70.2 Å². The number of nitrogens with zero attached hydrogens (tertiary/aromatic N) is 1. The van der Waals surface area contributed by atoms with Gasteiger partial charge in [0, 0.05) is 0 Å². The van der Waals surface area contributed by atoms with Crippen molar-refractivity contribution in [1.82, 2.24) is 0 Å². The maximum absolute atomic E-state index is 9.67. The van der Waals surface area contributed by atoms with Crippen LogP contribution in [0.15, 0.2) is 59.1 Å². The Morgan fingerprint density at radius 2 is 1.93 bits per heavy atom. The van der Waals surface area contributed by atoms with E-state index in [4.69, 9.17) is 15.9 Å². The zero-order valence-electron chi connectivity index (χ0n) is 14.7. The SMILES string of the molecule is C#CCOc1c(Br)cc(C=C(C#N)c2ccc3ccccc3c2)cc1OC. The smallest absolute Gasteiger partial charge is 0.176 e. The predicted molar refractivity (Wildman–Crippen MR) is 112 cm³/mol. The highest BCUT2D eigenvalue weighted by Gasteiger charge is 2.12. The summed E-state index contributed by atoms with van der Waals surface area (Å²) < 4.78 is 11.6. The molecule has 0 N–H and O–H groups in total. The van der Waals surface area contributed by atoms with Crippen molar-refractivity contribution in [3.63, 3.8) is 0 Å². The van der Waals surface area contributed by atoms with Gasteiger partial charge in [0.25, 0.3) is 0 Å². The fraction of sp³-hybridized carbons (Fsp3) is 0.0870. The molecule has 0 bridgehead atoms. The number of terminal acetylenes is 1. The molecule has 27 heavy (non-hydrogen) atoms. The third kappa shape index (κ3) is 4.14. The highest BCUT2D eigenvalue weighted by molar-refractivity contribution is 9.10. The number of fused-ring (bicyclic) bond motifs is 1. The molecule has 0 aliphatic rings. The summed E-state index contributed by atoms with van der Waals surface area (Å²) in [5.41, 5.74) is 2.24. The Morgan fingerprint density at radius 1 is 1.15 bits per heavy atom. The lowest BCUT2D eigenvalue weighted by atomic mass is 10.00. The van der Waals surface area contributed by atoms with E-state index in [0.29, 0.717) is 21.5 Å². The number of hydrogen-bond acceptors (Lipinski definition) is 3. The summed E-state index contributed by atoms with van der Waals surface area (Å²) in [5.74, 6) is 3.52. The van der Waals surface area contributed by atoms with Crippen molar-refractivity contribution in [1.29, 1.82) is 5.26 Å². The molecule has 0 aromatic heterocycles. The van der Waals surface area contributed by atoms with Gasteiger partial charge in [0.2, 0.25) is 0 Å². The molecule has 0 fully saturated rings. The van der Waals surface area contributed by atoms with E-state index in [-0.39, 0.29) is 6.61 Å². The van der Waals surface area contributed by atoms with Gasteiger partial charge in [0.05, 0.1) is 23.2 Å². The zero-order valence-corrected chi connectivity index (χ0v) is 16.3. The van der Waals surface area contributed by atoms with Crippen LogP contribution in [-0.4, -0.2) is 13.7 Å². The predicted octanol–water partition coefficient (Wildman–Crippen LogP) is 5.69. The average Bonchev–Trinajstić information content (AvgIpc) is 2.70. The Bertz CT molecular complexity index is 1100. The number of methoxy groups -OCH3 is 1. The monoisotopic (exact) mass is 417 g/mol. The van der Waals surface area contributed by atoms with Crippen LogP contribution >= 0.6 is 15.9 Å². The number of rotatable bonds is 5. The first-order valence-electron chi connectivity index (χ1n) is 8.21. The second-order valence-corrected chi connectivity index (χ2v) is 6.61. The minimum atomic E-state index is 0.144. The summed E-state index contributed by atoms with van der Waals surface area (Å²) in [6.45, 7) is 0.144. The molecule has 0 radical (unpaired) electrons. The molecular weight excluding hydrogens is 402 g/mol. The van der Waals surface area contributed by atoms with Crippen LogP contribution in [0.5, 0.6) is 11.5 Å². The number of hydrogen-bond donors (Lipinski definition) is 0. The van der Waals surface area contributed by atoms with E-state index in [9.17, 15) is 5.26 Å². The Hall–Kier alpha value is -3.21. The second-order valence-electron chi connectivity index (χ2n) is 5.76. The summed E-state index contributed by atoms with van der Waals surface area (Å²) >= 11 is 3.48. The van der Waals surface area contributed by atoms with E-state index in [1.165, 1.54) is 0 Å². The molecule has 132 valence electrons. The molecule has 4 heteroatoms. The van der Waals surface area contributed by atoms with Crippen LogP contribution in [0, 0.1) is 23.7 Å². The van der Waals surface area contributed by atoms with Crippen molar-refractivity contribution in [3.8, 4) is 29.9 Å². The van der Waals surface area contributed by atoms with Gasteiger partial charge in [-0.3, -0.25) is 0 Å². The van der Waals surface area contributed by atoms with E-state index >= 15 is 0 Å². The second kappa shape index (κ2) is 8.45. The highest BCUT2D eigenvalue weighted by atomic mass is 79.9. The molecule has 0 amide bonds. The van der Waals surface area contributed by atoms with Crippen molar-refractivity contribution in [2.45, 2.75) is 0 Å². The first-order chi connectivity index (χ1) is 13.2. The van der Waals surface area contributed by atoms with Crippen LogP contribution in [0.1, 0.15) is 11.1 Å². The molecule has 0 aliphatic heterocycles. The molecule has 0 saturated carbocycles. The Morgan fingerprint density at radius 3 is 2.63 bits per heavy atom. The number of benzene rings is 3. The molecule has 0 aliphatic carbocycles. The van der Waals surface area contributed by atoms with Crippen LogP contribution in [0.25, 0.3) is 22.4 Å². The lowest BCUT2D eigenvalue weighted by Gasteiger charge is -2.12. The first-order valence-corrected chi connectivity index (χ1v) is 9.00. The highest BCUT2D eigenvalue weighted by Crippen LogP contribution is 2.37. The van der Waals surface area contributed by atoms with Gasteiger partial charge in [-0.2, -0.15) is 5.26 Å². The quantitative estimate of drug-likeness (QED) is 0.304. The lowest BCUT2D eigenvalue weighted by molar-refractivity contribution is 0.329. The van der Waals surface area contributed by atoms with Crippen LogP contribution in [-0.2, 0) is 0 Å². The third-order valence-electron chi connectivity index (χ3n) is 4.04. The van der Waals surface area contributed by atoms with Gasteiger partial charge in [-0.05, 0) is 62.1 Å². The third-order valence-corrected chi connectivity index (χ3v) is 4.63. The lowest BCUT2D eigenvalue weighted by Crippen LogP contribution is -1.98. The van der Waals surface area contributed by atoms with Crippen molar-refractivity contribution in [2.24, 2.45) is 0 Å². The van der Waals surface area contributed by atoms with Crippen LogP contribution in [0.2, 0.25) is 0 Å². The molecule has 3 aromatic carbocycles. The van der Waals surface area contributed by atoms with Crippen LogP contribution in [0.3, 0.4) is 0 Å². The fourth-order valence-electron chi connectivity index (χ4n) is 2.78. The van der Waals surface area contributed by atoms with Crippen LogP contribution in [0.4, 0.5) is 0 Å². The van der Waals surface area contributed by atoms with Gasteiger partial charge in [0.1, 0.15) is 6.61 Å². The molecular formula is C23H16BrNO2. The van der Waals surface area contributed by atoms with Crippen LogP contribution < -0.4 is 9.47 Å². The van der Waals surface area contributed by atoms with Gasteiger partial charge < -0.3 is 9.47 Å². The molecule has 0 saturated heterocycles. The molecule has 3 nitrogen and oxygen atoms in total. The number of ether oxygens (including phenoxy) is 2. The van der Waals surface area contributed by atoms with Gasteiger partial charge >= 0.3 is 0 Å². The van der Waals surface area contributed by atoms with Gasteiger partial charge in [-0.15, -0.1) is 6.42 Å². The Balaban J connectivity index is 2.03. The Kier molecular flexibility index (Phi) is 5.81. The topological polar surface area (TPSA) is 42.2 Å². The molecule has 0 heterocycles. The van der Waals surface area contributed by atoms with Crippen molar-refractivity contribution >= 4 is 38.4 Å². The number of halogens is 1. The zero-order chi connectivity index (χ0) is 19.2.